The van der Waals surface area contributed by atoms with Crippen molar-refractivity contribution in [2.45, 2.75) is 0 Å². The molecule has 2 aromatic rings. The van der Waals surface area contributed by atoms with Gasteiger partial charge in [-0.3, -0.25) is 14.9 Å². The van der Waals surface area contributed by atoms with E-state index in [4.69, 9.17) is 5.26 Å². The quantitative estimate of drug-likeness (QED) is 0.359. The number of nitrogens with zero attached hydrogens (tertiary/aromatic N) is 2. The zero-order chi connectivity index (χ0) is 17.7. The minimum absolute atomic E-state index is 0.0888. The topological polar surface area (TPSA) is 116 Å². The standard InChI is InChI=1S/C16H10BrN3O4/c17-12-4-5-15(21)10(7-12)6-11(9-18)16(22)19-13-2-1-3-14(8-13)20(23)24/h1-8,21H,(H,19,22)/b11-6+. The molecule has 0 aliphatic carbocycles. The summed E-state index contributed by atoms with van der Waals surface area (Å²) >= 11 is 3.23. The second-order valence-electron chi connectivity index (χ2n) is 4.63. The average Bonchev–Trinajstić information content (AvgIpc) is 2.55. The molecular weight excluding hydrogens is 378 g/mol. The van der Waals surface area contributed by atoms with Crippen LogP contribution in [0.25, 0.3) is 6.08 Å². The highest BCUT2D eigenvalue weighted by atomic mass is 79.9. The fraction of sp³-hybridized carbons (Fsp3) is 0. The molecule has 1 amide bonds. The van der Waals surface area contributed by atoms with Gasteiger partial charge >= 0.3 is 0 Å². The Labute approximate surface area is 145 Å². The van der Waals surface area contributed by atoms with Gasteiger partial charge in [-0.25, -0.2) is 0 Å². The number of benzene rings is 2. The number of aromatic hydroxyl groups is 1. The van der Waals surface area contributed by atoms with Gasteiger partial charge in [0.2, 0.25) is 0 Å². The van der Waals surface area contributed by atoms with E-state index in [2.05, 4.69) is 21.2 Å². The zero-order valence-electron chi connectivity index (χ0n) is 12.1. The molecule has 0 atom stereocenters. The van der Waals surface area contributed by atoms with Crippen LogP contribution < -0.4 is 5.32 Å². The van der Waals surface area contributed by atoms with Crippen molar-refractivity contribution in [1.82, 2.24) is 0 Å². The van der Waals surface area contributed by atoms with Crippen LogP contribution in [-0.4, -0.2) is 15.9 Å². The monoisotopic (exact) mass is 387 g/mol. The molecule has 8 heteroatoms. The molecule has 2 rings (SSSR count). The Balaban J connectivity index is 2.28. The number of rotatable bonds is 4. The predicted octanol–water partition coefficient (Wildman–Crippen LogP) is 3.61. The van der Waals surface area contributed by atoms with Crippen molar-refractivity contribution in [2.75, 3.05) is 5.32 Å². The molecule has 0 spiro atoms. The minimum atomic E-state index is -0.739. The highest BCUT2D eigenvalue weighted by Gasteiger charge is 2.13. The van der Waals surface area contributed by atoms with Gasteiger partial charge in [0.25, 0.3) is 11.6 Å². The summed E-state index contributed by atoms with van der Waals surface area (Å²) in [6.45, 7) is 0. The lowest BCUT2D eigenvalue weighted by atomic mass is 10.1. The molecule has 2 N–H and O–H groups in total. The number of nitro groups is 1. The van der Waals surface area contributed by atoms with Crippen LogP contribution in [0.1, 0.15) is 5.56 Å². The molecule has 0 fully saturated rings. The van der Waals surface area contributed by atoms with Crippen molar-refractivity contribution in [1.29, 1.82) is 5.26 Å². The Bertz CT molecular complexity index is 887. The fourth-order valence-electron chi connectivity index (χ4n) is 1.84. The van der Waals surface area contributed by atoms with E-state index in [9.17, 15) is 20.0 Å². The van der Waals surface area contributed by atoms with Crippen LogP contribution in [0.4, 0.5) is 11.4 Å². The van der Waals surface area contributed by atoms with Gasteiger partial charge in [-0.15, -0.1) is 0 Å². The molecule has 0 aliphatic rings. The van der Waals surface area contributed by atoms with E-state index >= 15 is 0 Å². The molecule has 0 radical (unpaired) electrons. The molecule has 0 unspecified atom stereocenters. The van der Waals surface area contributed by atoms with E-state index in [1.807, 2.05) is 0 Å². The Morgan fingerprint density at radius 2 is 2.08 bits per heavy atom. The Morgan fingerprint density at radius 3 is 2.75 bits per heavy atom. The van der Waals surface area contributed by atoms with Crippen molar-refractivity contribution in [2.24, 2.45) is 0 Å². The highest BCUT2D eigenvalue weighted by Crippen LogP contribution is 2.24. The lowest BCUT2D eigenvalue weighted by molar-refractivity contribution is -0.384. The van der Waals surface area contributed by atoms with Crippen LogP contribution >= 0.6 is 15.9 Å². The smallest absolute Gasteiger partial charge is 0.271 e. The van der Waals surface area contributed by atoms with E-state index in [1.165, 1.54) is 36.4 Å². The van der Waals surface area contributed by atoms with Gasteiger partial charge in [0.05, 0.1) is 4.92 Å². The number of halogens is 1. The first-order valence-electron chi connectivity index (χ1n) is 6.57. The first-order chi connectivity index (χ1) is 11.4. The SMILES string of the molecule is N#C/C(=C\c1cc(Br)ccc1O)C(=O)Nc1cccc([N+](=O)[O-])c1. The number of nitriles is 1. The number of carbonyl (C=O) groups is 1. The normalized spacial score (nSPS) is 10.8. The maximum absolute atomic E-state index is 12.2. The second kappa shape index (κ2) is 7.39. The van der Waals surface area contributed by atoms with Gasteiger partial charge < -0.3 is 10.4 Å². The van der Waals surface area contributed by atoms with Crippen molar-refractivity contribution < 1.29 is 14.8 Å². The van der Waals surface area contributed by atoms with Gasteiger partial charge in [0, 0.05) is 27.9 Å². The van der Waals surface area contributed by atoms with Crippen molar-refractivity contribution in [3.63, 3.8) is 0 Å². The van der Waals surface area contributed by atoms with Crippen molar-refractivity contribution in [3.8, 4) is 11.8 Å². The number of phenols is 1. The maximum Gasteiger partial charge on any atom is 0.271 e. The first kappa shape index (κ1) is 17.2. The van der Waals surface area contributed by atoms with Crippen LogP contribution in [-0.2, 0) is 4.79 Å². The summed E-state index contributed by atoms with van der Waals surface area (Å²) in [5, 5.41) is 32.1. The lowest BCUT2D eigenvalue weighted by Crippen LogP contribution is -2.13. The third kappa shape index (κ3) is 4.18. The first-order valence-corrected chi connectivity index (χ1v) is 7.36. The summed E-state index contributed by atoms with van der Waals surface area (Å²) in [6, 6.07) is 11.7. The summed E-state index contributed by atoms with van der Waals surface area (Å²) in [5.74, 6) is -0.827. The number of anilines is 1. The molecular formula is C16H10BrN3O4. The van der Waals surface area contributed by atoms with Gasteiger partial charge in [0.1, 0.15) is 17.4 Å². The number of nitro benzene ring substituents is 1. The predicted molar refractivity (Wildman–Crippen MR) is 91.1 cm³/mol. The number of nitrogens with one attached hydrogen (secondary N) is 1. The van der Waals surface area contributed by atoms with E-state index in [1.54, 1.807) is 18.2 Å². The molecule has 120 valence electrons. The molecule has 24 heavy (non-hydrogen) atoms. The van der Waals surface area contributed by atoms with Crippen molar-refractivity contribution in [3.05, 3.63) is 68.2 Å². The number of hydrogen-bond donors (Lipinski definition) is 2. The number of non-ortho nitro benzene ring substituents is 1. The van der Waals surface area contributed by atoms with E-state index in [-0.39, 0.29) is 28.3 Å². The number of phenolic OH excluding ortho intramolecular Hbond substituents is 1. The third-order valence-electron chi connectivity index (χ3n) is 2.97. The highest BCUT2D eigenvalue weighted by molar-refractivity contribution is 9.10. The molecule has 0 saturated carbocycles. The van der Waals surface area contributed by atoms with Crippen LogP contribution in [0.2, 0.25) is 0 Å². The molecule has 0 saturated heterocycles. The van der Waals surface area contributed by atoms with Crippen LogP contribution in [0.3, 0.4) is 0 Å². The third-order valence-corrected chi connectivity index (χ3v) is 3.46. The lowest BCUT2D eigenvalue weighted by Gasteiger charge is -2.05. The Morgan fingerprint density at radius 1 is 1.33 bits per heavy atom. The van der Waals surface area contributed by atoms with E-state index < -0.39 is 10.8 Å². The molecule has 0 aliphatic heterocycles. The number of hydrogen-bond acceptors (Lipinski definition) is 5. The largest absolute Gasteiger partial charge is 0.507 e. The molecule has 0 aromatic heterocycles. The van der Waals surface area contributed by atoms with E-state index in [0.717, 1.165) is 0 Å². The van der Waals surface area contributed by atoms with Gasteiger partial charge in [-0.05, 0) is 30.3 Å². The summed E-state index contributed by atoms with van der Waals surface area (Å²) in [4.78, 5) is 22.3. The van der Waals surface area contributed by atoms with Crippen LogP contribution in [0.15, 0.2) is 52.5 Å². The minimum Gasteiger partial charge on any atom is -0.507 e. The Kier molecular flexibility index (Phi) is 5.29. The number of carbonyl (C=O) groups excluding carboxylic acids is 1. The van der Waals surface area contributed by atoms with Gasteiger partial charge in [0.15, 0.2) is 0 Å². The summed E-state index contributed by atoms with van der Waals surface area (Å²) in [5.41, 5.74) is 0.0405. The number of amides is 1. The van der Waals surface area contributed by atoms with Gasteiger partial charge in [-0.2, -0.15) is 5.26 Å². The maximum atomic E-state index is 12.2. The molecule has 2 aromatic carbocycles. The Hall–Kier alpha value is -3.18. The van der Waals surface area contributed by atoms with Crippen molar-refractivity contribution >= 4 is 39.3 Å². The molecule has 0 bridgehead atoms. The van der Waals surface area contributed by atoms with Crippen LogP contribution in [0, 0.1) is 21.4 Å². The fourth-order valence-corrected chi connectivity index (χ4v) is 2.22. The summed E-state index contributed by atoms with van der Waals surface area (Å²) in [7, 11) is 0. The van der Waals surface area contributed by atoms with E-state index in [0.29, 0.717) is 4.47 Å². The average molecular weight is 388 g/mol. The molecule has 0 heterocycles. The van der Waals surface area contributed by atoms with Gasteiger partial charge in [-0.1, -0.05) is 22.0 Å². The van der Waals surface area contributed by atoms with Crippen LogP contribution in [0.5, 0.6) is 5.75 Å². The summed E-state index contributed by atoms with van der Waals surface area (Å²) in [6.07, 6.45) is 1.23. The second-order valence-corrected chi connectivity index (χ2v) is 5.55. The summed E-state index contributed by atoms with van der Waals surface area (Å²) < 4.78 is 0.669. The zero-order valence-corrected chi connectivity index (χ0v) is 13.6. The molecule has 7 nitrogen and oxygen atoms in total.